The lowest BCUT2D eigenvalue weighted by Gasteiger charge is -2.30. The summed E-state index contributed by atoms with van der Waals surface area (Å²) in [5.74, 6) is 1.22. The lowest BCUT2D eigenvalue weighted by molar-refractivity contribution is 1.31. The predicted octanol–water partition coefficient (Wildman–Crippen LogP) is 16.2. The first-order chi connectivity index (χ1) is 29.8. The number of pyridine rings is 1. The summed E-state index contributed by atoms with van der Waals surface area (Å²) in [6.45, 7) is 13.5. The molecule has 0 aliphatic rings. The molecule has 0 N–H and O–H groups in total. The summed E-state index contributed by atoms with van der Waals surface area (Å²) >= 11 is 0. The first-order valence-electron chi connectivity index (χ1n) is 21.5. The highest BCUT2D eigenvalue weighted by molar-refractivity contribution is 6.22. The normalized spacial score (nSPS) is 11.9. The van der Waals surface area contributed by atoms with Crippen molar-refractivity contribution in [2.24, 2.45) is 0 Å². The highest BCUT2D eigenvalue weighted by Crippen LogP contribution is 2.53. The van der Waals surface area contributed by atoms with Crippen LogP contribution in [-0.4, -0.2) is 4.98 Å². The van der Waals surface area contributed by atoms with Crippen LogP contribution < -0.4 is 0 Å². The van der Waals surface area contributed by atoms with Crippen LogP contribution >= 0.6 is 0 Å². The van der Waals surface area contributed by atoms with Crippen LogP contribution in [0.5, 0.6) is 0 Å². The van der Waals surface area contributed by atoms with Gasteiger partial charge in [0.2, 0.25) is 0 Å². The zero-order chi connectivity index (χ0) is 41.5. The van der Waals surface area contributed by atoms with Gasteiger partial charge in [-0.2, -0.15) is 0 Å². The van der Waals surface area contributed by atoms with Crippen LogP contribution in [0.2, 0.25) is 0 Å². The fourth-order valence-corrected chi connectivity index (χ4v) is 11.0. The molecule has 0 saturated heterocycles. The number of aryl methyl sites for hydroxylation is 6. The van der Waals surface area contributed by atoms with E-state index in [1.165, 1.54) is 121 Å². The van der Waals surface area contributed by atoms with Crippen LogP contribution in [0, 0.1) is 47.5 Å². The van der Waals surface area contributed by atoms with Crippen LogP contribution in [0.3, 0.4) is 0 Å². The van der Waals surface area contributed by atoms with E-state index in [0.29, 0.717) is 0 Å². The molecule has 1 heterocycles. The smallest absolute Gasteiger partial charge is 0.0712 e. The van der Waals surface area contributed by atoms with Crippen LogP contribution in [0.15, 0.2) is 170 Å². The van der Waals surface area contributed by atoms with Gasteiger partial charge in [0.15, 0.2) is 0 Å². The highest BCUT2D eigenvalue weighted by Gasteiger charge is 2.32. The van der Waals surface area contributed by atoms with E-state index in [0.717, 1.165) is 21.8 Å². The number of benzene rings is 10. The minimum atomic E-state index is 0.987. The fourth-order valence-electron chi connectivity index (χ4n) is 11.0. The minimum Gasteiger partial charge on any atom is -0.248 e. The number of aromatic nitrogens is 1. The van der Waals surface area contributed by atoms with E-state index in [9.17, 15) is 0 Å². The molecular weight excluding hydrogens is 735 g/mol. The van der Waals surface area contributed by atoms with Gasteiger partial charge in [-0.15, -0.1) is 0 Å². The van der Waals surface area contributed by atoms with E-state index < -0.39 is 0 Å². The predicted molar refractivity (Wildman–Crippen MR) is 262 cm³/mol. The van der Waals surface area contributed by atoms with Crippen LogP contribution in [0.1, 0.15) is 50.1 Å². The molecule has 1 aromatic heterocycles. The lowest BCUT2D eigenvalue weighted by atomic mass is 9.72. The third-order valence-corrected chi connectivity index (χ3v) is 13.1. The lowest BCUT2D eigenvalue weighted by Crippen LogP contribution is -2.11. The van der Waals surface area contributed by atoms with Crippen molar-refractivity contribution in [3.8, 4) is 22.3 Å². The van der Waals surface area contributed by atoms with Crippen molar-refractivity contribution in [3.63, 3.8) is 0 Å². The molecule has 0 aliphatic heterocycles. The Labute approximate surface area is 358 Å². The summed E-state index contributed by atoms with van der Waals surface area (Å²) < 4.78 is 0. The maximum atomic E-state index is 5.30. The summed E-state index contributed by atoms with van der Waals surface area (Å²) in [6, 6.07) is 63.4. The number of nitrogens with zero attached hydrogens (tertiary/aromatic N) is 1. The van der Waals surface area contributed by atoms with Gasteiger partial charge in [-0.3, -0.25) is 0 Å². The average molecular weight is 781 g/mol. The van der Waals surface area contributed by atoms with Gasteiger partial charge < -0.3 is 0 Å². The molecular formula is C60H46N. The zero-order valence-electron chi connectivity index (χ0n) is 35.6. The first-order valence-corrected chi connectivity index (χ1v) is 21.5. The maximum absolute atomic E-state index is 5.30. The Kier molecular flexibility index (Phi) is 8.65. The second-order valence-corrected chi connectivity index (χ2v) is 17.1. The van der Waals surface area contributed by atoms with Crippen molar-refractivity contribution in [1.29, 1.82) is 0 Å². The largest absolute Gasteiger partial charge is 0.248 e. The molecule has 1 radical (unpaired) electrons. The quantitative estimate of drug-likeness (QED) is 0.159. The Morgan fingerprint density at radius 2 is 0.525 bits per heavy atom. The van der Waals surface area contributed by atoms with E-state index in [1.54, 1.807) is 0 Å². The summed E-state index contributed by atoms with van der Waals surface area (Å²) in [6.07, 6.45) is 0. The summed E-state index contributed by atoms with van der Waals surface area (Å²) in [4.78, 5) is 5.30. The van der Waals surface area contributed by atoms with E-state index in [1.807, 2.05) is 0 Å². The topological polar surface area (TPSA) is 12.9 Å². The molecule has 0 spiro atoms. The highest BCUT2D eigenvalue weighted by atomic mass is 14.7. The van der Waals surface area contributed by atoms with Gasteiger partial charge in [0.25, 0.3) is 0 Å². The molecule has 0 saturated carbocycles. The Morgan fingerprint density at radius 1 is 0.279 bits per heavy atom. The number of hydrogen-bond acceptors (Lipinski definition) is 1. The zero-order valence-corrected chi connectivity index (χ0v) is 35.6. The Morgan fingerprint density at radius 3 is 0.836 bits per heavy atom. The van der Waals surface area contributed by atoms with Crippen LogP contribution in [0.25, 0.3) is 87.1 Å². The molecule has 11 aromatic rings. The average Bonchev–Trinajstić information content (AvgIpc) is 3.26. The van der Waals surface area contributed by atoms with Gasteiger partial charge in [0, 0.05) is 10.8 Å². The maximum Gasteiger partial charge on any atom is 0.0712 e. The second kappa shape index (κ2) is 14.3. The van der Waals surface area contributed by atoms with Crippen LogP contribution in [0.4, 0.5) is 0 Å². The fraction of sp³-hybridized carbons (Fsp3) is 0.100. The van der Waals surface area contributed by atoms with Gasteiger partial charge in [-0.25, -0.2) is 4.98 Å². The molecule has 0 fully saturated rings. The SMILES string of the molecule is Cc1cc(C)c(-c2c3ccccc3c([C](c3c4ccccc4nc4ccccc34)c3c4ccccc4c(-c4c(C)cc(C)cc4C)c4ccccc34)c3ccccc23)c(C)c1. The number of para-hydroxylation sites is 2. The molecule has 0 amide bonds. The van der Waals surface area contributed by atoms with Crippen molar-refractivity contribution in [3.05, 3.63) is 226 Å². The van der Waals surface area contributed by atoms with E-state index in [4.69, 9.17) is 4.98 Å². The summed E-state index contributed by atoms with van der Waals surface area (Å²) in [5.41, 5.74) is 18.6. The van der Waals surface area contributed by atoms with Crippen LogP contribution in [-0.2, 0) is 0 Å². The first kappa shape index (κ1) is 36.9. The molecule has 1 nitrogen and oxygen atoms in total. The second-order valence-electron chi connectivity index (χ2n) is 17.1. The van der Waals surface area contributed by atoms with Crippen molar-refractivity contribution in [2.75, 3.05) is 0 Å². The van der Waals surface area contributed by atoms with Gasteiger partial charge in [-0.05, 0) is 158 Å². The molecule has 10 aromatic carbocycles. The van der Waals surface area contributed by atoms with E-state index in [-0.39, 0.29) is 0 Å². The summed E-state index contributed by atoms with van der Waals surface area (Å²) in [5, 5.41) is 12.2. The Hall–Kier alpha value is -7.09. The molecule has 0 unspecified atom stereocenters. The number of rotatable bonds is 5. The van der Waals surface area contributed by atoms with Crippen molar-refractivity contribution in [2.45, 2.75) is 41.5 Å². The monoisotopic (exact) mass is 780 g/mol. The minimum absolute atomic E-state index is 0.987. The molecule has 1 heteroatoms. The molecule has 0 bridgehead atoms. The molecule has 0 atom stereocenters. The molecule has 291 valence electrons. The van der Waals surface area contributed by atoms with E-state index in [2.05, 4.69) is 211 Å². The number of fused-ring (bicyclic) bond motifs is 6. The third-order valence-electron chi connectivity index (χ3n) is 13.1. The van der Waals surface area contributed by atoms with Crippen molar-refractivity contribution >= 4 is 64.9 Å². The molecule has 11 rings (SSSR count). The van der Waals surface area contributed by atoms with Gasteiger partial charge in [0.05, 0.1) is 17.0 Å². The van der Waals surface area contributed by atoms with Gasteiger partial charge in [-0.1, -0.05) is 169 Å². The van der Waals surface area contributed by atoms with Crippen molar-refractivity contribution in [1.82, 2.24) is 4.98 Å². The number of hydrogen-bond donors (Lipinski definition) is 0. The molecule has 0 aliphatic carbocycles. The Bertz CT molecular complexity index is 3210. The molecule has 61 heavy (non-hydrogen) atoms. The Balaban J connectivity index is 1.40. The standard InChI is InChI=1S/C60H46N/c1-35-31-37(3)53(38(4)32-35)55-41-19-7-11-23-45(41)57(46-24-12-8-20-42(46)55)60(59-49-27-15-17-29-51(49)61-52-30-18-16-28-50(52)59)58-47-25-13-9-21-43(47)56(44-22-10-14-26-48(44)58)54-39(5)33-36(2)34-40(54)6/h7-34H,1-6H3. The summed E-state index contributed by atoms with van der Waals surface area (Å²) in [7, 11) is 0. The van der Waals surface area contributed by atoms with Crippen molar-refractivity contribution < 1.29 is 0 Å². The van der Waals surface area contributed by atoms with Gasteiger partial charge in [0.1, 0.15) is 0 Å². The van der Waals surface area contributed by atoms with E-state index >= 15 is 0 Å². The third kappa shape index (κ3) is 5.71. The van der Waals surface area contributed by atoms with Gasteiger partial charge >= 0.3 is 0 Å².